The molecule has 0 heterocycles. The maximum absolute atomic E-state index is 12.7. The van der Waals surface area contributed by atoms with Gasteiger partial charge in [-0.1, -0.05) is 43.1 Å². The van der Waals surface area contributed by atoms with E-state index in [0.29, 0.717) is 30.4 Å². The number of halogens is 1. The summed E-state index contributed by atoms with van der Waals surface area (Å²) in [5.74, 6) is 1.82. The van der Waals surface area contributed by atoms with E-state index < -0.39 is 0 Å². The molecule has 4 nitrogen and oxygen atoms in total. The van der Waals surface area contributed by atoms with E-state index in [1.807, 2.05) is 36.4 Å². The Morgan fingerprint density at radius 2 is 1.81 bits per heavy atom. The number of unbranched alkanes of at least 4 members (excludes halogenated alkanes) is 1. The third-order valence-electron chi connectivity index (χ3n) is 4.02. The van der Waals surface area contributed by atoms with Crippen LogP contribution in [0.5, 0.6) is 11.5 Å². The molecule has 2 aromatic carbocycles. The van der Waals surface area contributed by atoms with Gasteiger partial charge in [0.1, 0.15) is 11.5 Å². The number of ether oxygens (including phenoxy) is 2. The molecule has 2 rings (SSSR count). The van der Waals surface area contributed by atoms with Crippen molar-refractivity contribution in [2.24, 2.45) is 5.92 Å². The molecule has 0 fully saturated rings. The number of anilines is 1. The second-order valence-electron chi connectivity index (χ2n) is 6.85. The molecule has 0 saturated heterocycles. The Balaban J connectivity index is 2.00. The average Bonchev–Trinajstić information content (AvgIpc) is 2.64. The molecule has 0 saturated carbocycles. The number of amides is 1. The SMILES string of the molecule is CCCCOc1ccc(Br)cc1C(=O)Nc1ccc(OCCC(C)C)cc1. The summed E-state index contributed by atoms with van der Waals surface area (Å²) >= 11 is 3.42. The van der Waals surface area contributed by atoms with E-state index in [0.717, 1.165) is 35.2 Å². The molecule has 0 aromatic heterocycles. The molecule has 27 heavy (non-hydrogen) atoms. The summed E-state index contributed by atoms with van der Waals surface area (Å²) < 4.78 is 12.3. The third-order valence-corrected chi connectivity index (χ3v) is 4.51. The van der Waals surface area contributed by atoms with Crippen molar-refractivity contribution in [2.75, 3.05) is 18.5 Å². The minimum atomic E-state index is -0.198. The van der Waals surface area contributed by atoms with E-state index in [1.165, 1.54) is 0 Å². The van der Waals surface area contributed by atoms with E-state index in [1.54, 1.807) is 6.07 Å². The van der Waals surface area contributed by atoms with Gasteiger partial charge in [0.25, 0.3) is 5.91 Å². The van der Waals surface area contributed by atoms with Crippen LogP contribution in [0.1, 0.15) is 50.4 Å². The first-order chi connectivity index (χ1) is 13.0. The zero-order valence-corrected chi connectivity index (χ0v) is 17.8. The minimum Gasteiger partial charge on any atom is -0.494 e. The first-order valence-electron chi connectivity index (χ1n) is 9.46. The van der Waals surface area contributed by atoms with Gasteiger partial charge in [-0.15, -0.1) is 0 Å². The predicted octanol–water partition coefficient (Wildman–Crippen LogP) is 6.31. The van der Waals surface area contributed by atoms with Crippen molar-refractivity contribution in [3.05, 3.63) is 52.5 Å². The quantitative estimate of drug-likeness (QED) is 0.446. The van der Waals surface area contributed by atoms with Gasteiger partial charge in [-0.2, -0.15) is 0 Å². The fraction of sp³-hybridized carbons (Fsp3) is 0.409. The van der Waals surface area contributed by atoms with Gasteiger partial charge in [-0.25, -0.2) is 0 Å². The molecule has 0 aliphatic rings. The lowest BCUT2D eigenvalue weighted by atomic mass is 10.1. The fourth-order valence-electron chi connectivity index (χ4n) is 2.38. The van der Waals surface area contributed by atoms with Gasteiger partial charge in [0.2, 0.25) is 0 Å². The van der Waals surface area contributed by atoms with Crippen LogP contribution < -0.4 is 14.8 Å². The zero-order chi connectivity index (χ0) is 19.6. The zero-order valence-electron chi connectivity index (χ0n) is 16.3. The highest BCUT2D eigenvalue weighted by atomic mass is 79.9. The topological polar surface area (TPSA) is 47.6 Å². The molecule has 0 bridgehead atoms. The van der Waals surface area contributed by atoms with E-state index >= 15 is 0 Å². The van der Waals surface area contributed by atoms with Crippen LogP contribution in [0.15, 0.2) is 46.9 Å². The summed E-state index contributed by atoms with van der Waals surface area (Å²) in [5, 5.41) is 2.92. The smallest absolute Gasteiger partial charge is 0.259 e. The molecule has 0 aliphatic carbocycles. The van der Waals surface area contributed by atoms with Gasteiger partial charge in [0.15, 0.2) is 0 Å². The second-order valence-corrected chi connectivity index (χ2v) is 7.77. The van der Waals surface area contributed by atoms with Crippen LogP contribution in [0.4, 0.5) is 5.69 Å². The average molecular weight is 434 g/mol. The maximum Gasteiger partial charge on any atom is 0.259 e. The molecule has 146 valence electrons. The van der Waals surface area contributed by atoms with Crippen molar-refractivity contribution in [2.45, 2.75) is 40.0 Å². The molecular formula is C22H28BrNO3. The molecule has 0 radical (unpaired) electrons. The molecule has 0 spiro atoms. The highest BCUT2D eigenvalue weighted by Crippen LogP contribution is 2.25. The van der Waals surface area contributed by atoms with Gasteiger partial charge < -0.3 is 14.8 Å². The van der Waals surface area contributed by atoms with Crippen LogP contribution in [0.3, 0.4) is 0 Å². The number of hydrogen-bond acceptors (Lipinski definition) is 3. The van der Waals surface area contributed by atoms with Crippen molar-refractivity contribution in [1.82, 2.24) is 0 Å². The van der Waals surface area contributed by atoms with Gasteiger partial charge in [-0.05, 0) is 61.2 Å². The summed E-state index contributed by atoms with van der Waals surface area (Å²) in [6, 6.07) is 12.9. The molecular weight excluding hydrogens is 406 g/mol. The number of carbonyl (C=O) groups is 1. The monoisotopic (exact) mass is 433 g/mol. The fourth-order valence-corrected chi connectivity index (χ4v) is 2.74. The number of benzene rings is 2. The van der Waals surface area contributed by atoms with Crippen molar-refractivity contribution in [3.8, 4) is 11.5 Å². The lowest BCUT2D eigenvalue weighted by molar-refractivity contribution is 0.102. The van der Waals surface area contributed by atoms with Gasteiger partial charge >= 0.3 is 0 Å². The lowest BCUT2D eigenvalue weighted by Gasteiger charge is -2.13. The number of rotatable bonds is 10. The van der Waals surface area contributed by atoms with Crippen molar-refractivity contribution >= 4 is 27.5 Å². The van der Waals surface area contributed by atoms with Gasteiger partial charge in [-0.3, -0.25) is 4.79 Å². The maximum atomic E-state index is 12.7. The van der Waals surface area contributed by atoms with E-state index in [4.69, 9.17) is 9.47 Å². The molecule has 1 N–H and O–H groups in total. The Bertz CT molecular complexity index is 729. The van der Waals surface area contributed by atoms with E-state index in [-0.39, 0.29) is 5.91 Å². The van der Waals surface area contributed by atoms with Crippen LogP contribution in [-0.4, -0.2) is 19.1 Å². The van der Waals surface area contributed by atoms with Crippen molar-refractivity contribution in [3.63, 3.8) is 0 Å². The Morgan fingerprint density at radius 1 is 1.07 bits per heavy atom. The molecule has 5 heteroatoms. The Labute approximate surface area is 170 Å². The van der Waals surface area contributed by atoms with E-state index in [9.17, 15) is 4.79 Å². The van der Waals surface area contributed by atoms with Gasteiger partial charge in [0.05, 0.1) is 18.8 Å². The van der Waals surface area contributed by atoms with Crippen LogP contribution in [-0.2, 0) is 0 Å². The number of hydrogen-bond donors (Lipinski definition) is 1. The standard InChI is InChI=1S/C22H28BrNO3/c1-4-5-13-27-21-11-6-17(23)15-20(21)22(25)24-18-7-9-19(10-8-18)26-14-12-16(2)3/h6-11,15-16H,4-5,12-14H2,1-3H3,(H,24,25). The molecule has 0 unspecified atom stereocenters. The van der Waals surface area contributed by atoms with Crippen molar-refractivity contribution in [1.29, 1.82) is 0 Å². The highest BCUT2D eigenvalue weighted by Gasteiger charge is 2.14. The van der Waals surface area contributed by atoms with Crippen LogP contribution in [0, 0.1) is 5.92 Å². The molecule has 0 aliphatic heterocycles. The van der Waals surface area contributed by atoms with Crippen LogP contribution in [0.25, 0.3) is 0 Å². The Morgan fingerprint density at radius 3 is 2.48 bits per heavy atom. The van der Waals surface area contributed by atoms with Crippen LogP contribution in [0.2, 0.25) is 0 Å². The lowest BCUT2D eigenvalue weighted by Crippen LogP contribution is -2.14. The molecule has 1 amide bonds. The predicted molar refractivity (Wildman–Crippen MR) is 114 cm³/mol. The Kier molecular flexibility index (Phi) is 8.65. The Hall–Kier alpha value is -2.01. The molecule has 0 atom stereocenters. The molecule has 2 aromatic rings. The van der Waals surface area contributed by atoms with Gasteiger partial charge in [0, 0.05) is 10.2 Å². The summed E-state index contributed by atoms with van der Waals surface area (Å²) in [7, 11) is 0. The summed E-state index contributed by atoms with van der Waals surface area (Å²) in [5.41, 5.74) is 1.23. The first kappa shape index (κ1) is 21.3. The second kappa shape index (κ2) is 11.0. The number of nitrogens with one attached hydrogen (secondary N) is 1. The highest BCUT2D eigenvalue weighted by molar-refractivity contribution is 9.10. The summed E-state index contributed by atoms with van der Waals surface area (Å²) in [4.78, 5) is 12.7. The minimum absolute atomic E-state index is 0.198. The normalized spacial score (nSPS) is 10.7. The first-order valence-corrected chi connectivity index (χ1v) is 10.3. The largest absolute Gasteiger partial charge is 0.494 e. The summed E-state index contributed by atoms with van der Waals surface area (Å²) in [6.07, 6.45) is 3.02. The number of carbonyl (C=O) groups excluding carboxylic acids is 1. The van der Waals surface area contributed by atoms with Crippen molar-refractivity contribution < 1.29 is 14.3 Å². The third kappa shape index (κ3) is 7.25. The van der Waals surface area contributed by atoms with Crippen LogP contribution >= 0.6 is 15.9 Å². The van der Waals surface area contributed by atoms with E-state index in [2.05, 4.69) is 42.0 Å². The summed E-state index contributed by atoms with van der Waals surface area (Å²) in [6.45, 7) is 7.74.